The van der Waals surface area contributed by atoms with E-state index in [-0.39, 0.29) is 0 Å². The van der Waals surface area contributed by atoms with E-state index in [2.05, 4.69) is 15.8 Å². The first-order chi connectivity index (χ1) is 11.8. The molecule has 6 heteroatoms. The fourth-order valence-electron chi connectivity index (χ4n) is 2.61. The molecule has 0 unspecified atom stereocenters. The second-order valence-corrected chi connectivity index (χ2v) is 5.70. The van der Waals surface area contributed by atoms with Gasteiger partial charge in [-0.25, -0.2) is 4.72 Å². The number of nitrogens with one attached hydrogen (secondary N) is 1. The number of ether oxygens (including phenoxy) is 1. The molecule has 1 heterocycles. The average Bonchev–Trinajstić information content (AvgIpc) is 2.65. The Bertz CT molecular complexity index is 903. The van der Waals surface area contributed by atoms with Crippen molar-refractivity contribution in [2.45, 2.75) is 6.54 Å². The molecule has 0 aliphatic carbocycles. The Morgan fingerprint density at radius 2 is 2.04 bits per heavy atom. The summed E-state index contributed by atoms with van der Waals surface area (Å²) >= 11 is 1.10. The van der Waals surface area contributed by atoms with E-state index in [1.807, 2.05) is 42.5 Å². The maximum Gasteiger partial charge on any atom is 0.121 e. The van der Waals surface area contributed by atoms with Crippen LogP contribution in [0.4, 0.5) is 0 Å². The van der Waals surface area contributed by atoms with Crippen LogP contribution >= 0.6 is 12.1 Å². The number of fused-ring (bicyclic) bond motifs is 1. The van der Waals surface area contributed by atoms with E-state index >= 15 is 0 Å². The minimum Gasteiger partial charge on any atom is -0.497 e. The fraction of sp³-hybridized carbons (Fsp3) is 0.111. The van der Waals surface area contributed by atoms with E-state index in [0.717, 1.165) is 45.5 Å². The first-order valence-electron chi connectivity index (χ1n) is 7.31. The Hall–Kier alpha value is -2.59. The lowest BCUT2D eigenvalue weighted by molar-refractivity contribution is 0.415. The molecule has 5 nitrogen and oxygen atoms in total. The maximum absolute atomic E-state index is 9.47. The maximum atomic E-state index is 9.47. The second kappa shape index (κ2) is 7.32. The normalized spacial score (nSPS) is 10.5. The summed E-state index contributed by atoms with van der Waals surface area (Å²) in [5.74, 6) is 0.742. The van der Waals surface area contributed by atoms with Crippen LogP contribution in [0.2, 0.25) is 0 Å². The number of methoxy groups -OCH3 is 1. The van der Waals surface area contributed by atoms with Crippen LogP contribution < -0.4 is 14.6 Å². The molecule has 24 heavy (non-hydrogen) atoms. The molecule has 0 spiro atoms. The lowest BCUT2D eigenvalue weighted by atomic mass is 9.96. The van der Waals surface area contributed by atoms with Gasteiger partial charge in [0.25, 0.3) is 0 Å². The van der Waals surface area contributed by atoms with Gasteiger partial charge >= 0.3 is 0 Å². The van der Waals surface area contributed by atoms with Crippen molar-refractivity contribution >= 4 is 23.0 Å². The number of aromatic nitrogens is 1. The van der Waals surface area contributed by atoms with Crippen molar-refractivity contribution in [2.24, 2.45) is 5.14 Å². The molecule has 0 aliphatic rings. The Kier molecular flexibility index (Phi) is 4.96. The number of hydrogen-bond acceptors (Lipinski definition) is 6. The van der Waals surface area contributed by atoms with Crippen molar-refractivity contribution in [2.75, 3.05) is 7.11 Å². The summed E-state index contributed by atoms with van der Waals surface area (Å²) in [5, 5.41) is 15.8. The van der Waals surface area contributed by atoms with Crippen LogP contribution in [0, 0.1) is 11.3 Å². The van der Waals surface area contributed by atoms with Gasteiger partial charge in [0.05, 0.1) is 18.2 Å². The van der Waals surface area contributed by atoms with Crippen molar-refractivity contribution < 1.29 is 4.74 Å². The van der Waals surface area contributed by atoms with Gasteiger partial charge in [-0.1, -0.05) is 24.3 Å². The summed E-state index contributed by atoms with van der Waals surface area (Å²) in [5.41, 5.74) is 4.34. The van der Waals surface area contributed by atoms with Gasteiger partial charge in [-0.3, -0.25) is 10.1 Å². The minimum absolute atomic E-state index is 0.552. The zero-order valence-electron chi connectivity index (χ0n) is 13.1. The molecule has 3 N–H and O–H groups in total. The predicted molar refractivity (Wildman–Crippen MR) is 97.1 cm³/mol. The highest BCUT2D eigenvalue weighted by Gasteiger charge is 2.12. The van der Waals surface area contributed by atoms with E-state index in [0.29, 0.717) is 12.1 Å². The highest BCUT2D eigenvalue weighted by Crippen LogP contribution is 2.32. The van der Waals surface area contributed by atoms with Crippen LogP contribution in [0.3, 0.4) is 0 Å². The molecule has 0 aliphatic heterocycles. The standard InChI is InChI=1S/C18H16N4OS/c1-23-15-6-7-16-17(8-15)21-11-14(9-19)18(16)13-4-2-12(3-5-13)10-22-24-20/h2-8,11,22H,10,20H2,1H3. The number of hydrogen-bond donors (Lipinski definition) is 2. The fourth-order valence-corrected chi connectivity index (χ4v) is 2.86. The van der Waals surface area contributed by atoms with E-state index in [9.17, 15) is 5.26 Å². The van der Waals surface area contributed by atoms with Gasteiger partial charge in [0.15, 0.2) is 0 Å². The van der Waals surface area contributed by atoms with Gasteiger partial charge in [-0.15, -0.1) is 0 Å². The summed E-state index contributed by atoms with van der Waals surface area (Å²) in [4.78, 5) is 4.38. The van der Waals surface area contributed by atoms with Crippen LogP contribution in [0.5, 0.6) is 5.75 Å². The molecule has 3 rings (SSSR count). The lowest BCUT2D eigenvalue weighted by Crippen LogP contribution is -2.05. The Morgan fingerprint density at radius 1 is 1.25 bits per heavy atom. The molecule has 0 radical (unpaired) electrons. The molecule has 0 fully saturated rings. The number of nitriles is 1. The van der Waals surface area contributed by atoms with Crippen molar-refractivity contribution in [1.82, 2.24) is 9.71 Å². The zero-order valence-corrected chi connectivity index (χ0v) is 13.9. The predicted octanol–water partition coefficient (Wildman–Crippen LogP) is 3.39. The average molecular weight is 336 g/mol. The smallest absolute Gasteiger partial charge is 0.121 e. The minimum atomic E-state index is 0.552. The first kappa shape index (κ1) is 16.3. The van der Waals surface area contributed by atoms with Crippen molar-refractivity contribution in [3.05, 3.63) is 59.8 Å². The largest absolute Gasteiger partial charge is 0.497 e. The van der Waals surface area contributed by atoms with Crippen molar-refractivity contribution in [3.8, 4) is 22.9 Å². The monoisotopic (exact) mass is 336 g/mol. The van der Waals surface area contributed by atoms with Gasteiger partial charge < -0.3 is 4.74 Å². The number of nitrogens with zero attached hydrogens (tertiary/aromatic N) is 2. The van der Waals surface area contributed by atoms with Gasteiger partial charge in [0, 0.05) is 41.9 Å². The summed E-state index contributed by atoms with van der Waals surface area (Å²) in [6.45, 7) is 0.681. The van der Waals surface area contributed by atoms with Crippen LogP contribution in [0.15, 0.2) is 48.7 Å². The number of benzene rings is 2. The molecule has 0 saturated heterocycles. The molecule has 0 atom stereocenters. The summed E-state index contributed by atoms with van der Waals surface area (Å²) in [6.07, 6.45) is 1.61. The zero-order chi connectivity index (χ0) is 16.9. The molecule has 0 amide bonds. The van der Waals surface area contributed by atoms with E-state index in [1.165, 1.54) is 0 Å². The summed E-state index contributed by atoms with van der Waals surface area (Å²) in [7, 11) is 1.62. The van der Waals surface area contributed by atoms with Crippen LogP contribution in [-0.4, -0.2) is 12.1 Å². The number of rotatable bonds is 5. The Labute approximate surface area is 144 Å². The van der Waals surface area contributed by atoms with Gasteiger partial charge in [-0.2, -0.15) is 5.26 Å². The topological polar surface area (TPSA) is 84.0 Å². The summed E-state index contributed by atoms with van der Waals surface area (Å²) < 4.78 is 8.26. The van der Waals surface area contributed by atoms with Crippen LogP contribution in [-0.2, 0) is 6.54 Å². The quantitative estimate of drug-likeness (QED) is 0.695. The molecular weight excluding hydrogens is 320 g/mol. The molecule has 120 valence electrons. The van der Waals surface area contributed by atoms with Gasteiger partial charge in [0.2, 0.25) is 0 Å². The highest BCUT2D eigenvalue weighted by molar-refractivity contribution is 7.95. The van der Waals surface area contributed by atoms with E-state index < -0.39 is 0 Å². The van der Waals surface area contributed by atoms with Crippen LogP contribution in [0.25, 0.3) is 22.0 Å². The van der Waals surface area contributed by atoms with Crippen LogP contribution in [0.1, 0.15) is 11.1 Å². The third-order valence-corrected chi connectivity index (χ3v) is 4.11. The third kappa shape index (κ3) is 3.19. The van der Waals surface area contributed by atoms with E-state index in [1.54, 1.807) is 13.3 Å². The first-order valence-corrected chi connectivity index (χ1v) is 8.19. The number of pyridine rings is 1. The molecule has 0 saturated carbocycles. The number of nitrogens with two attached hydrogens (primary N) is 1. The van der Waals surface area contributed by atoms with Crippen molar-refractivity contribution in [1.29, 1.82) is 5.26 Å². The summed E-state index contributed by atoms with van der Waals surface area (Å²) in [6, 6.07) is 16.0. The van der Waals surface area contributed by atoms with E-state index in [4.69, 9.17) is 9.88 Å². The Balaban J connectivity index is 2.11. The van der Waals surface area contributed by atoms with Gasteiger partial charge in [-0.05, 0) is 23.3 Å². The SMILES string of the molecule is COc1ccc2c(-c3ccc(CNSN)cc3)c(C#N)cnc2c1. The Morgan fingerprint density at radius 3 is 2.71 bits per heavy atom. The van der Waals surface area contributed by atoms with Crippen molar-refractivity contribution in [3.63, 3.8) is 0 Å². The highest BCUT2D eigenvalue weighted by atomic mass is 32.2. The molecular formula is C18H16N4OS. The molecule has 2 aromatic carbocycles. The lowest BCUT2D eigenvalue weighted by Gasteiger charge is -2.11. The second-order valence-electron chi connectivity index (χ2n) is 5.18. The molecule has 1 aromatic heterocycles. The molecule has 0 bridgehead atoms. The molecule has 3 aromatic rings. The third-order valence-electron chi connectivity index (χ3n) is 3.80. The van der Waals surface area contributed by atoms with Gasteiger partial charge in [0.1, 0.15) is 11.8 Å².